The lowest BCUT2D eigenvalue weighted by atomic mass is 10.3. The van der Waals surface area contributed by atoms with Gasteiger partial charge in [-0.3, -0.25) is 4.98 Å². The largest absolute Gasteiger partial charge is 0.481 e. The van der Waals surface area contributed by atoms with Crippen molar-refractivity contribution in [2.45, 2.75) is 16.7 Å². The van der Waals surface area contributed by atoms with E-state index in [0.29, 0.717) is 33.7 Å². The third-order valence-electron chi connectivity index (χ3n) is 3.03. The van der Waals surface area contributed by atoms with Gasteiger partial charge in [0.1, 0.15) is 5.03 Å². The van der Waals surface area contributed by atoms with Gasteiger partial charge >= 0.3 is 0 Å². The molecule has 3 aromatic rings. The molecule has 2 N–H and O–H groups in total. The predicted octanol–water partition coefficient (Wildman–Crippen LogP) is 2.31. The summed E-state index contributed by atoms with van der Waals surface area (Å²) in [6, 6.07) is 7.29. The first-order valence-electron chi connectivity index (χ1n) is 7.54. The molecule has 0 aliphatic heterocycles. The fraction of sp³-hybridized carbons (Fsp3) is 0.125. The minimum atomic E-state index is 0.325. The molecule has 8 nitrogen and oxygen atoms in total. The molecule has 3 heterocycles. The van der Waals surface area contributed by atoms with Crippen LogP contribution in [0.4, 0.5) is 5.95 Å². The summed E-state index contributed by atoms with van der Waals surface area (Å²) in [6.45, 7) is 0.545. The fourth-order valence-electron chi connectivity index (χ4n) is 1.88. The highest BCUT2D eigenvalue weighted by atomic mass is 32.2. The monoisotopic (exact) mass is 385 g/mol. The summed E-state index contributed by atoms with van der Waals surface area (Å²) in [4.78, 5) is 21.1. The highest BCUT2D eigenvalue weighted by molar-refractivity contribution is 7.99. The normalized spacial score (nSPS) is 10.2. The number of thiocarbonyl (C=S) groups is 1. The smallest absolute Gasteiger partial charge is 0.233 e. The van der Waals surface area contributed by atoms with Crippen molar-refractivity contribution in [1.82, 2.24) is 30.2 Å². The van der Waals surface area contributed by atoms with Crippen LogP contribution in [0.25, 0.3) is 0 Å². The van der Waals surface area contributed by atoms with E-state index in [1.807, 2.05) is 12.1 Å². The van der Waals surface area contributed by atoms with Crippen molar-refractivity contribution in [3.05, 3.63) is 54.6 Å². The van der Waals surface area contributed by atoms with Crippen LogP contribution in [0.2, 0.25) is 0 Å². The third-order valence-corrected chi connectivity index (χ3v) is 4.09. The topological polar surface area (TPSA) is 97.7 Å². The summed E-state index contributed by atoms with van der Waals surface area (Å²) in [6.07, 6.45) is 6.83. The van der Waals surface area contributed by atoms with Crippen LogP contribution < -0.4 is 15.4 Å². The summed E-state index contributed by atoms with van der Waals surface area (Å²) in [7, 11) is 1.54. The SMILES string of the molecule is COc1cc(Sc2ncccn2)nc(NC(=S)NCc2cccnc2)n1. The zero-order valence-electron chi connectivity index (χ0n) is 13.8. The molecular weight excluding hydrogens is 370 g/mol. The number of hydrogen-bond acceptors (Lipinski definition) is 8. The first kappa shape index (κ1) is 18.0. The summed E-state index contributed by atoms with van der Waals surface area (Å²) < 4.78 is 5.23. The van der Waals surface area contributed by atoms with Gasteiger partial charge in [-0.2, -0.15) is 4.98 Å². The van der Waals surface area contributed by atoms with Crippen molar-refractivity contribution in [2.24, 2.45) is 0 Å². The van der Waals surface area contributed by atoms with Crippen LogP contribution in [0.15, 0.2) is 59.2 Å². The van der Waals surface area contributed by atoms with Crippen LogP contribution in [-0.4, -0.2) is 37.1 Å². The Morgan fingerprint density at radius 1 is 1.19 bits per heavy atom. The van der Waals surface area contributed by atoms with Crippen molar-refractivity contribution in [2.75, 3.05) is 12.4 Å². The van der Waals surface area contributed by atoms with Gasteiger partial charge in [0.05, 0.1) is 7.11 Å². The van der Waals surface area contributed by atoms with Gasteiger partial charge in [0.15, 0.2) is 10.3 Å². The second-order valence-electron chi connectivity index (χ2n) is 4.87. The number of pyridine rings is 1. The maximum atomic E-state index is 5.29. The van der Waals surface area contributed by atoms with Gasteiger partial charge < -0.3 is 15.4 Å². The minimum absolute atomic E-state index is 0.325. The number of hydrogen-bond donors (Lipinski definition) is 2. The lowest BCUT2D eigenvalue weighted by Crippen LogP contribution is -2.28. The zero-order chi connectivity index (χ0) is 18.2. The van der Waals surface area contributed by atoms with Crippen molar-refractivity contribution in [1.29, 1.82) is 0 Å². The van der Waals surface area contributed by atoms with Gasteiger partial charge in [0.25, 0.3) is 0 Å². The van der Waals surface area contributed by atoms with Crippen LogP contribution in [0, 0.1) is 0 Å². The maximum Gasteiger partial charge on any atom is 0.233 e. The van der Waals surface area contributed by atoms with E-state index in [9.17, 15) is 0 Å². The molecule has 0 aliphatic rings. The average molecular weight is 385 g/mol. The molecule has 0 amide bonds. The van der Waals surface area contributed by atoms with E-state index in [4.69, 9.17) is 17.0 Å². The van der Waals surface area contributed by atoms with Crippen LogP contribution in [0.5, 0.6) is 5.88 Å². The van der Waals surface area contributed by atoms with Gasteiger partial charge in [0.2, 0.25) is 11.8 Å². The zero-order valence-corrected chi connectivity index (χ0v) is 15.4. The molecule has 0 fully saturated rings. The molecule has 10 heteroatoms. The number of nitrogens with zero attached hydrogens (tertiary/aromatic N) is 5. The van der Waals surface area contributed by atoms with Crippen LogP contribution in [-0.2, 0) is 6.54 Å². The van der Waals surface area contributed by atoms with Crippen molar-refractivity contribution in [3.8, 4) is 5.88 Å². The second kappa shape index (κ2) is 9.02. The molecule has 0 saturated heterocycles. The highest BCUT2D eigenvalue weighted by Gasteiger charge is 2.09. The van der Waals surface area contributed by atoms with E-state index in [-0.39, 0.29) is 0 Å². The van der Waals surface area contributed by atoms with Crippen LogP contribution in [0.1, 0.15) is 5.56 Å². The van der Waals surface area contributed by atoms with Crippen molar-refractivity contribution < 1.29 is 4.74 Å². The number of methoxy groups -OCH3 is 1. The summed E-state index contributed by atoms with van der Waals surface area (Å²) >= 11 is 6.60. The summed E-state index contributed by atoms with van der Waals surface area (Å²) in [5.74, 6) is 0.738. The standard InChI is InChI=1S/C16H15N7OS2/c1-24-12-8-13(26-16-18-6-3-7-19-16)22-14(21-12)23-15(25)20-10-11-4-2-5-17-9-11/h2-9H,10H2,1H3,(H2,20,21,22,23,25). The molecule has 26 heavy (non-hydrogen) atoms. The van der Waals surface area contributed by atoms with E-state index < -0.39 is 0 Å². The molecule has 0 aromatic carbocycles. The molecule has 0 unspecified atom stereocenters. The third kappa shape index (κ3) is 5.33. The molecule has 0 radical (unpaired) electrons. The van der Waals surface area contributed by atoms with Gasteiger partial charge in [-0.1, -0.05) is 6.07 Å². The fourth-order valence-corrected chi connectivity index (χ4v) is 2.75. The van der Waals surface area contributed by atoms with Gasteiger partial charge in [-0.15, -0.1) is 0 Å². The molecular formula is C16H15N7OS2. The van der Waals surface area contributed by atoms with Gasteiger partial charge in [-0.05, 0) is 41.7 Å². The minimum Gasteiger partial charge on any atom is -0.481 e. The van der Waals surface area contributed by atoms with Crippen LogP contribution in [0.3, 0.4) is 0 Å². The van der Waals surface area contributed by atoms with E-state index in [1.165, 1.54) is 11.8 Å². The van der Waals surface area contributed by atoms with Crippen molar-refractivity contribution >= 4 is 35.0 Å². The molecule has 132 valence electrons. The molecule has 0 aliphatic carbocycles. The first-order chi connectivity index (χ1) is 12.7. The Morgan fingerprint density at radius 2 is 2.04 bits per heavy atom. The summed E-state index contributed by atoms with van der Waals surface area (Å²) in [5.41, 5.74) is 1.01. The Labute approximate surface area is 159 Å². The van der Waals surface area contributed by atoms with Gasteiger partial charge in [-0.25, -0.2) is 15.0 Å². The Morgan fingerprint density at radius 3 is 2.77 bits per heavy atom. The molecule has 0 bridgehead atoms. The molecule has 0 saturated carbocycles. The Hall–Kier alpha value is -2.85. The Kier molecular flexibility index (Phi) is 6.23. The van der Waals surface area contributed by atoms with E-state index in [2.05, 4.69) is 35.6 Å². The van der Waals surface area contributed by atoms with Crippen LogP contribution >= 0.6 is 24.0 Å². The lowest BCUT2D eigenvalue weighted by Gasteiger charge is -2.11. The molecule has 3 aromatic heterocycles. The molecule has 0 atom stereocenters. The average Bonchev–Trinajstić information content (AvgIpc) is 2.68. The number of nitrogens with one attached hydrogen (secondary N) is 2. The predicted molar refractivity (Wildman–Crippen MR) is 102 cm³/mol. The highest BCUT2D eigenvalue weighted by Crippen LogP contribution is 2.25. The number of ether oxygens (including phenoxy) is 1. The van der Waals surface area contributed by atoms with Gasteiger partial charge in [0, 0.05) is 37.4 Å². The van der Waals surface area contributed by atoms with E-state index in [1.54, 1.807) is 44.0 Å². The Bertz CT molecular complexity index is 865. The second-order valence-corrected chi connectivity index (χ2v) is 6.27. The molecule has 0 spiro atoms. The lowest BCUT2D eigenvalue weighted by molar-refractivity contribution is 0.396. The Balaban J connectivity index is 1.66. The quantitative estimate of drug-likeness (QED) is 0.374. The van der Waals surface area contributed by atoms with Crippen molar-refractivity contribution in [3.63, 3.8) is 0 Å². The number of aromatic nitrogens is 5. The first-order valence-corrected chi connectivity index (χ1v) is 8.77. The maximum absolute atomic E-state index is 5.29. The number of rotatable bonds is 6. The van der Waals surface area contributed by atoms with E-state index in [0.717, 1.165) is 5.56 Å². The number of anilines is 1. The molecule has 3 rings (SSSR count). The van der Waals surface area contributed by atoms with E-state index >= 15 is 0 Å². The summed E-state index contributed by atoms with van der Waals surface area (Å²) in [5, 5.41) is 7.66.